The van der Waals surface area contributed by atoms with Crippen LogP contribution in [0, 0.1) is 71.0 Å². The second kappa shape index (κ2) is 139. The first kappa shape index (κ1) is 106. The van der Waals surface area contributed by atoms with Crippen molar-refractivity contribution in [1.29, 1.82) is 31.6 Å². The van der Waals surface area contributed by atoms with Crippen molar-refractivity contribution in [3.8, 4) is 39.4 Å². The third-order valence-electron chi connectivity index (χ3n) is 0. The van der Waals surface area contributed by atoms with E-state index in [1.54, 1.807) is 0 Å². The Hall–Kier alpha value is -2.58. The van der Waals surface area contributed by atoms with Crippen molar-refractivity contribution in [3.63, 3.8) is 0 Å². The molecule has 14 heavy (non-hydrogen) atoms. The van der Waals surface area contributed by atoms with Crippen LogP contribution in [0.25, 0.3) is 0 Å². The fraction of sp³-hybridized carbons (Fsp3) is 0. The fourth-order valence-electron chi connectivity index (χ4n) is 0. The summed E-state index contributed by atoms with van der Waals surface area (Å²) < 4.78 is 0. The van der Waals surface area contributed by atoms with Gasteiger partial charge < -0.3 is 5.48 Å². The fourth-order valence-corrected chi connectivity index (χ4v) is 0. The summed E-state index contributed by atoms with van der Waals surface area (Å²) >= 11 is 0. The quantitative estimate of drug-likeness (QED) is 0.534. The maximum atomic E-state index is 6.50. The van der Waals surface area contributed by atoms with Crippen LogP contribution < -0.4 is 0 Å². The molecule has 0 aromatic carbocycles. The summed E-state index contributed by atoms with van der Waals surface area (Å²) in [6, 6.07) is 0. The number of nitriles is 6. The Morgan fingerprint density at radius 2 is 0.357 bits per heavy atom. The van der Waals surface area contributed by atoms with Crippen molar-refractivity contribution in [2.45, 2.75) is 0 Å². The summed E-state index contributed by atoms with van der Waals surface area (Å²) in [6.07, 6.45) is 0. The first-order chi connectivity index (χ1) is 6.00. The monoisotopic (exact) mass is 236 g/mol. The van der Waals surface area contributed by atoms with Crippen molar-refractivity contribution in [2.24, 2.45) is 0 Å². The molecule has 0 unspecified atom stereocenters. The molecule has 8 heteroatoms. The standard InChI is InChI=1S/6CHN.Fe.H2O/c6*1-2;;/h6*1H;;1H2. The third kappa shape index (κ3) is 100. The zero-order chi connectivity index (χ0) is 12.0. The third-order valence-corrected chi connectivity index (χ3v) is 0. The molecular weight excluding hydrogens is 228 g/mol. The van der Waals surface area contributed by atoms with Crippen LogP contribution in [0.4, 0.5) is 0 Å². The molecule has 0 spiro atoms. The molecular formula is C6H8FeN6O. The van der Waals surface area contributed by atoms with Crippen LogP contribution in [0.2, 0.25) is 0 Å². The molecule has 0 aromatic heterocycles. The summed E-state index contributed by atoms with van der Waals surface area (Å²) in [5, 5.41) is 39.0. The molecule has 0 saturated carbocycles. The maximum absolute atomic E-state index is 6.50. The van der Waals surface area contributed by atoms with Gasteiger partial charge in [-0.3, -0.25) is 0 Å². The second-order valence-electron chi connectivity index (χ2n) is 0. The number of hydrogen-bond acceptors (Lipinski definition) is 6. The van der Waals surface area contributed by atoms with Gasteiger partial charge in [0.1, 0.15) is 0 Å². The van der Waals surface area contributed by atoms with Crippen molar-refractivity contribution in [3.05, 3.63) is 0 Å². The average Bonchev–Trinajstić information content (AvgIpc) is 2.33. The van der Waals surface area contributed by atoms with E-state index in [1.165, 1.54) is 0 Å². The van der Waals surface area contributed by atoms with Crippen molar-refractivity contribution >= 4 is 0 Å². The average molecular weight is 236 g/mol. The summed E-state index contributed by atoms with van der Waals surface area (Å²) in [7, 11) is 0. The molecule has 0 fully saturated rings. The molecule has 0 aliphatic rings. The second-order valence-corrected chi connectivity index (χ2v) is 0. The minimum Gasteiger partial charge on any atom is -0.412 e. The maximum Gasteiger partial charge on any atom is 0.0462 e. The summed E-state index contributed by atoms with van der Waals surface area (Å²) in [4.78, 5) is 0. The first-order valence-electron chi connectivity index (χ1n) is 1.55. The Kier molecular flexibility index (Phi) is 1050. The van der Waals surface area contributed by atoms with Crippen molar-refractivity contribution in [2.75, 3.05) is 0 Å². The Morgan fingerprint density at radius 1 is 0.357 bits per heavy atom. The van der Waals surface area contributed by atoms with Gasteiger partial charge in [-0.15, -0.1) is 0 Å². The van der Waals surface area contributed by atoms with E-state index in [9.17, 15) is 0 Å². The van der Waals surface area contributed by atoms with Gasteiger partial charge in [-0.1, -0.05) is 0 Å². The minimum absolute atomic E-state index is 0. The molecule has 0 aromatic rings. The Bertz CT molecular complexity index is 97.3. The van der Waals surface area contributed by atoms with E-state index in [4.69, 9.17) is 31.6 Å². The van der Waals surface area contributed by atoms with Gasteiger partial charge in [0.2, 0.25) is 0 Å². The SMILES string of the molecule is C#N.C#N.C#N.C#N.C#N.C#N.O.[Fe]. The van der Waals surface area contributed by atoms with E-state index in [0.29, 0.717) is 0 Å². The Balaban J connectivity index is -0.00000000500. The van der Waals surface area contributed by atoms with E-state index in [0.717, 1.165) is 0 Å². The first-order valence-corrected chi connectivity index (χ1v) is 1.55. The van der Waals surface area contributed by atoms with Gasteiger partial charge in [-0.2, -0.15) is 0 Å². The van der Waals surface area contributed by atoms with Gasteiger partial charge in [-0.05, 0) is 0 Å². The van der Waals surface area contributed by atoms with E-state index >= 15 is 0 Å². The van der Waals surface area contributed by atoms with Gasteiger partial charge in [0.25, 0.3) is 0 Å². The molecule has 0 heterocycles. The number of hydrogen-bond donors (Lipinski definition) is 0. The predicted octanol–water partition coefficient (Wildman–Crippen LogP) is 0.0115. The summed E-state index contributed by atoms with van der Waals surface area (Å²) in [6.45, 7) is 21.0. The van der Waals surface area contributed by atoms with E-state index < -0.39 is 0 Å². The molecule has 2 N–H and O–H groups in total. The van der Waals surface area contributed by atoms with Crippen LogP contribution in [0.15, 0.2) is 0 Å². The molecule has 0 radical (unpaired) electrons. The van der Waals surface area contributed by atoms with Gasteiger partial charge in [0.15, 0.2) is 0 Å². The zero-order valence-electron chi connectivity index (χ0n) is 7.00. The molecule has 0 saturated heterocycles. The predicted molar refractivity (Wildman–Crippen MR) is 43.6 cm³/mol. The molecule has 0 rings (SSSR count). The van der Waals surface area contributed by atoms with Crippen LogP contribution in [0.3, 0.4) is 0 Å². The molecule has 0 amide bonds. The topological polar surface area (TPSA) is 174 Å². The molecule has 0 atom stereocenters. The molecule has 0 bridgehead atoms. The minimum atomic E-state index is 0. The van der Waals surface area contributed by atoms with Gasteiger partial charge >= 0.3 is 0 Å². The van der Waals surface area contributed by atoms with Crippen LogP contribution in [0.1, 0.15) is 0 Å². The van der Waals surface area contributed by atoms with E-state index in [-0.39, 0.29) is 22.5 Å². The molecule has 7 nitrogen and oxygen atoms in total. The van der Waals surface area contributed by atoms with Gasteiger partial charge in [0.05, 0.1) is 0 Å². The number of rotatable bonds is 0. The van der Waals surface area contributed by atoms with Crippen molar-refractivity contribution < 1.29 is 22.5 Å². The molecule has 0 aliphatic carbocycles. The summed E-state index contributed by atoms with van der Waals surface area (Å²) in [5.41, 5.74) is 0. The normalized spacial score (nSPS) is 0.857. The van der Waals surface area contributed by atoms with Crippen LogP contribution in [0.5, 0.6) is 0 Å². The smallest absolute Gasteiger partial charge is 0.0462 e. The Labute approximate surface area is 94.0 Å². The van der Waals surface area contributed by atoms with Gasteiger partial charge in [-0.25, -0.2) is 31.6 Å². The van der Waals surface area contributed by atoms with E-state index in [2.05, 4.69) is 39.4 Å². The van der Waals surface area contributed by atoms with Crippen molar-refractivity contribution in [1.82, 2.24) is 0 Å². The van der Waals surface area contributed by atoms with Gasteiger partial charge in [0, 0.05) is 56.5 Å². The summed E-state index contributed by atoms with van der Waals surface area (Å²) in [5.74, 6) is 0. The van der Waals surface area contributed by atoms with Crippen LogP contribution >= 0.6 is 0 Å². The largest absolute Gasteiger partial charge is 0.412 e. The molecule has 0 aliphatic heterocycles. The van der Waals surface area contributed by atoms with Crippen LogP contribution in [-0.4, -0.2) is 5.48 Å². The van der Waals surface area contributed by atoms with Crippen LogP contribution in [-0.2, 0) is 17.1 Å². The Morgan fingerprint density at radius 3 is 0.357 bits per heavy atom. The molecule has 76 valence electrons. The number of nitrogens with zero attached hydrogens (tertiary/aromatic N) is 6. The van der Waals surface area contributed by atoms with E-state index in [1.807, 2.05) is 0 Å². The zero-order valence-corrected chi connectivity index (χ0v) is 8.11.